The molecule has 2 aliphatic rings. The molecule has 0 spiro atoms. The normalized spacial score (nSPS) is 20.0. The van der Waals surface area contributed by atoms with E-state index >= 15 is 0 Å². The molecular formula is C22H24FN3O2. The van der Waals surface area contributed by atoms with Crippen LogP contribution in [0.15, 0.2) is 35.0 Å². The van der Waals surface area contributed by atoms with Crippen LogP contribution in [-0.2, 0) is 11.2 Å². The molecule has 1 aromatic carbocycles. The highest BCUT2D eigenvalue weighted by Gasteiger charge is 2.36. The van der Waals surface area contributed by atoms with Crippen LogP contribution in [0.2, 0.25) is 0 Å². The van der Waals surface area contributed by atoms with Gasteiger partial charge in [-0.05, 0) is 30.5 Å². The van der Waals surface area contributed by atoms with Crippen LogP contribution in [-0.4, -0.2) is 27.3 Å². The van der Waals surface area contributed by atoms with Gasteiger partial charge in [-0.25, -0.2) is 9.37 Å². The number of rotatable bonds is 4. The first-order chi connectivity index (χ1) is 13.7. The van der Waals surface area contributed by atoms with Gasteiger partial charge < -0.3 is 14.3 Å². The first kappa shape index (κ1) is 17.5. The van der Waals surface area contributed by atoms with Crippen molar-refractivity contribution in [2.45, 2.75) is 51.0 Å². The fraction of sp³-hybridized carbons (Fsp3) is 0.455. The maximum atomic E-state index is 14.2. The Morgan fingerprint density at radius 2 is 2.18 bits per heavy atom. The standard InChI is InChI=1S/C22H24FN3O2/c23-16-6-3-7-18-15(16)12-19(28-18)22-21-17(24-13-25-21)10-11-26(22)20(27)9-8-14-4-1-2-5-14/h3,6-7,12-14,22H,1-2,4-5,8-11H2,(H,24,25)/t22-/m1/s1. The molecule has 2 aromatic heterocycles. The number of furan rings is 1. The van der Waals surface area contributed by atoms with Gasteiger partial charge in [0.1, 0.15) is 23.2 Å². The van der Waals surface area contributed by atoms with Crippen LogP contribution in [0.5, 0.6) is 0 Å². The average molecular weight is 381 g/mol. The number of hydrogen-bond acceptors (Lipinski definition) is 3. The molecule has 1 fully saturated rings. The van der Waals surface area contributed by atoms with Crippen LogP contribution >= 0.6 is 0 Å². The third-order valence-corrected chi connectivity index (χ3v) is 6.28. The average Bonchev–Trinajstić information content (AvgIpc) is 3.45. The van der Waals surface area contributed by atoms with Crippen molar-refractivity contribution in [3.63, 3.8) is 0 Å². The Labute approximate surface area is 162 Å². The number of carbonyl (C=O) groups is 1. The molecule has 0 unspecified atom stereocenters. The molecule has 1 aliphatic heterocycles. The lowest BCUT2D eigenvalue weighted by Gasteiger charge is -2.34. The van der Waals surface area contributed by atoms with Crippen molar-refractivity contribution in [2.24, 2.45) is 5.92 Å². The van der Waals surface area contributed by atoms with E-state index in [1.165, 1.54) is 31.7 Å². The van der Waals surface area contributed by atoms with E-state index in [2.05, 4.69) is 9.97 Å². The first-order valence-electron chi connectivity index (χ1n) is 10.2. The number of fused-ring (bicyclic) bond motifs is 2. The topological polar surface area (TPSA) is 62.1 Å². The van der Waals surface area contributed by atoms with Crippen molar-refractivity contribution in [1.29, 1.82) is 0 Å². The molecule has 1 atom stereocenters. The van der Waals surface area contributed by atoms with Gasteiger partial charge in [-0.3, -0.25) is 4.79 Å². The van der Waals surface area contributed by atoms with E-state index in [4.69, 9.17) is 4.42 Å². The van der Waals surface area contributed by atoms with Crippen molar-refractivity contribution >= 4 is 16.9 Å². The van der Waals surface area contributed by atoms with Crippen LogP contribution < -0.4 is 0 Å². The van der Waals surface area contributed by atoms with E-state index in [9.17, 15) is 9.18 Å². The third kappa shape index (κ3) is 3.01. The summed E-state index contributed by atoms with van der Waals surface area (Å²) in [7, 11) is 0. The second-order valence-corrected chi connectivity index (χ2v) is 8.00. The summed E-state index contributed by atoms with van der Waals surface area (Å²) in [5.74, 6) is 1.06. The molecule has 1 amide bonds. The Morgan fingerprint density at radius 3 is 3.00 bits per heavy atom. The van der Waals surface area contributed by atoms with Crippen molar-refractivity contribution in [1.82, 2.24) is 14.9 Å². The zero-order valence-electron chi connectivity index (χ0n) is 15.8. The highest BCUT2D eigenvalue weighted by molar-refractivity contribution is 5.80. The van der Waals surface area contributed by atoms with E-state index in [0.29, 0.717) is 35.6 Å². The number of carbonyl (C=O) groups excluding carboxylic acids is 1. The molecule has 0 radical (unpaired) electrons. The first-order valence-corrected chi connectivity index (χ1v) is 10.2. The van der Waals surface area contributed by atoms with Crippen molar-refractivity contribution in [2.75, 3.05) is 6.54 Å². The van der Waals surface area contributed by atoms with E-state index in [1.807, 2.05) is 4.90 Å². The molecule has 1 aliphatic carbocycles. The van der Waals surface area contributed by atoms with Crippen molar-refractivity contribution in [3.05, 3.63) is 53.6 Å². The Morgan fingerprint density at radius 1 is 1.32 bits per heavy atom. The van der Waals surface area contributed by atoms with Gasteiger partial charge in [0, 0.05) is 25.1 Å². The quantitative estimate of drug-likeness (QED) is 0.710. The molecule has 6 heteroatoms. The van der Waals surface area contributed by atoms with E-state index in [1.54, 1.807) is 24.5 Å². The Kier molecular flexibility index (Phi) is 4.41. The maximum absolute atomic E-state index is 14.2. The molecule has 146 valence electrons. The number of aromatic amines is 1. The number of nitrogens with one attached hydrogen (secondary N) is 1. The number of imidazole rings is 1. The molecule has 5 rings (SSSR count). The predicted molar refractivity (Wildman–Crippen MR) is 103 cm³/mol. The maximum Gasteiger partial charge on any atom is 0.223 e. The van der Waals surface area contributed by atoms with E-state index in [0.717, 1.165) is 24.2 Å². The Balaban J connectivity index is 1.47. The second-order valence-electron chi connectivity index (χ2n) is 8.00. The summed E-state index contributed by atoms with van der Waals surface area (Å²) in [6.07, 6.45) is 8.95. The summed E-state index contributed by atoms with van der Waals surface area (Å²) in [6, 6.07) is 6.13. The number of H-pyrrole nitrogens is 1. The number of nitrogens with zero attached hydrogens (tertiary/aromatic N) is 2. The molecule has 28 heavy (non-hydrogen) atoms. The number of aromatic nitrogens is 2. The minimum Gasteiger partial charge on any atom is -0.458 e. The summed E-state index contributed by atoms with van der Waals surface area (Å²) in [5, 5.41) is 0.443. The zero-order valence-corrected chi connectivity index (χ0v) is 15.8. The van der Waals surface area contributed by atoms with Gasteiger partial charge in [0.05, 0.1) is 17.4 Å². The fourth-order valence-corrected chi connectivity index (χ4v) is 4.78. The smallest absolute Gasteiger partial charge is 0.223 e. The van der Waals surface area contributed by atoms with Crippen molar-refractivity contribution in [3.8, 4) is 0 Å². The molecule has 0 bridgehead atoms. The lowest BCUT2D eigenvalue weighted by Crippen LogP contribution is -2.40. The van der Waals surface area contributed by atoms with Crippen molar-refractivity contribution < 1.29 is 13.6 Å². The Hall–Kier alpha value is -2.63. The molecule has 1 N–H and O–H groups in total. The summed E-state index contributed by atoms with van der Waals surface area (Å²) in [4.78, 5) is 22.6. The van der Waals surface area contributed by atoms with Crippen LogP contribution in [0.4, 0.5) is 4.39 Å². The number of hydrogen-bond donors (Lipinski definition) is 1. The fourth-order valence-electron chi connectivity index (χ4n) is 4.78. The summed E-state index contributed by atoms with van der Waals surface area (Å²) < 4.78 is 20.2. The van der Waals surface area contributed by atoms with Crippen LogP contribution in [0.1, 0.15) is 61.7 Å². The molecule has 0 saturated heterocycles. The van der Waals surface area contributed by atoms with Gasteiger partial charge >= 0.3 is 0 Å². The molecule has 3 aromatic rings. The number of benzene rings is 1. The van der Waals surface area contributed by atoms with Crippen LogP contribution in [0.25, 0.3) is 11.0 Å². The van der Waals surface area contributed by atoms with Gasteiger partial charge in [0.15, 0.2) is 0 Å². The lowest BCUT2D eigenvalue weighted by atomic mass is 9.97. The number of halogens is 1. The van der Waals surface area contributed by atoms with Gasteiger partial charge in [0.2, 0.25) is 5.91 Å². The summed E-state index contributed by atoms with van der Waals surface area (Å²) in [5.41, 5.74) is 2.32. The molecule has 5 nitrogen and oxygen atoms in total. The monoisotopic (exact) mass is 381 g/mol. The highest BCUT2D eigenvalue weighted by Crippen LogP contribution is 2.37. The molecule has 1 saturated carbocycles. The predicted octanol–water partition coefficient (Wildman–Crippen LogP) is 4.74. The highest BCUT2D eigenvalue weighted by atomic mass is 19.1. The minimum absolute atomic E-state index is 0.131. The van der Waals surface area contributed by atoms with Gasteiger partial charge in [-0.1, -0.05) is 31.7 Å². The van der Waals surface area contributed by atoms with E-state index in [-0.39, 0.29) is 11.7 Å². The molecule has 3 heterocycles. The lowest BCUT2D eigenvalue weighted by molar-refractivity contribution is -0.134. The Bertz CT molecular complexity index is 1000. The second kappa shape index (κ2) is 7.08. The third-order valence-electron chi connectivity index (χ3n) is 6.28. The van der Waals surface area contributed by atoms with Crippen LogP contribution in [0, 0.1) is 11.7 Å². The molecular weight excluding hydrogens is 357 g/mol. The van der Waals surface area contributed by atoms with E-state index < -0.39 is 6.04 Å². The number of amides is 1. The summed E-state index contributed by atoms with van der Waals surface area (Å²) >= 11 is 0. The van der Waals surface area contributed by atoms with Gasteiger partial charge in [-0.2, -0.15) is 0 Å². The zero-order chi connectivity index (χ0) is 19.1. The van der Waals surface area contributed by atoms with Gasteiger partial charge in [-0.15, -0.1) is 0 Å². The summed E-state index contributed by atoms with van der Waals surface area (Å²) in [6.45, 7) is 0.614. The SMILES string of the molecule is O=C(CCC1CCCC1)N1CCc2[nH]cnc2[C@H]1c1cc2c(F)cccc2o1. The van der Waals surface area contributed by atoms with Gasteiger partial charge in [0.25, 0.3) is 0 Å². The largest absolute Gasteiger partial charge is 0.458 e. The van der Waals surface area contributed by atoms with Crippen LogP contribution in [0.3, 0.4) is 0 Å². The minimum atomic E-state index is -0.405.